The van der Waals surface area contributed by atoms with Gasteiger partial charge < -0.3 is 15.1 Å². The number of benzene rings is 2. The minimum Gasteiger partial charge on any atom is -0.336 e. The molecule has 0 aliphatic carbocycles. The van der Waals surface area contributed by atoms with Gasteiger partial charge in [0.1, 0.15) is 0 Å². The van der Waals surface area contributed by atoms with Gasteiger partial charge in [0.2, 0.25) is 5.91 Å². The third kappa shape index (κ3) is 5.61. The highest BCUT2D eigenvalue weighted by Crippen LogP contribution is 2.24. The average Bonchev–Trinajstić information content (AvgIpc) is 3.41. The molecule has 1 N–H and O–H groups in total. The number of aryl methyl sites for hydroxylation is 2. The highest BCUT2D eigenvalue weighted by molar-refractivity contribution is 7.12. The second kappa shape index (κ2) is 10.8. The molecule has 0 saturated carbocycles. The molecule has 0 spiro atoms. The maximum Gasteiger partial charge on any atom is 0.268 e. The van der Waals surface area contributed by atoms with Gasteiger partial charge in [-0.3, -0.25) is 19.3 Å². The lowest BCUT2D eigenvalue weighted by Gasteiger charge is -2.35. The van der Waals surface area contributed by atoms with Crippen LogP contribution in [-0.2, 0) is 4.79 Å². The van der Waals surface area contributed by atoms with Crippen LogP contribution in [0.4, 0.5) is 11.4 Å². The molecule has 0 unspecified atom stereocenters. The van der Waals surface area contributed by atoms with Crippen LogP contribution >= 0.6 is 11.3 Å². The first-order valence-corrected chi connectivity index (χ1v) is 12.5. The van der Waals surface area contributed by atoms with Crippen molar-refractivity contribution in [3.63, 3.8) is 0 Å². The molecule has 2 aromatic carbocycles. The third-order valence-corrected chi connectivity index (χ3v) is 7.16. The first-order chi connectivity index (χ1) is 16.8. The number of amides is 3. The molecule has 1 aliphatic heterocycles. The summed E-state index contributed by atoms with van der Waals surface area (Å²) in [5, 5.41) is 4.89. The average molecular weight is 491 g/mol. The lowest BCUT2D eigenvalue weighted by molar-refractivity contribution is -0.117. The molecule has 3 amide bonds. The van der Waals surface area contributed by atoms with Crippen LogP contribution in [0.5, 0.6) is 0 Å². The van der Waals surface area contributed by atoms with Crippen molar-refractivity contribution in [3.8, 4) is 0 Å². The number of anilines is 2. The SMILES string of the molecule is Cc1cccc(C)c1NC(=O)CN1CCN(C(=O)c2ccccc2N(C)C(=O)c2cccs2)CC1. The van der Waals surface area contributed by atoms with Crippen LogP contribution in [0.15, 0.2) is 60.0 Å². The zero-order valence-electron chi connectivity index (χ0n) is 20.3. The Labute approximate surface area is 210 Å². The summed E-state index contributed by atoms with van der Waals surface area (Å²) in [6, 6.07) is 16.8. The number of rotatable bonds is 6. The van der Waals surface area contributed by atoms with Gasteiger partial charge in [-0.25, -0.2) is 0 Å². The number of nitrogens with one attached hydrogen (secondary N) is 1. The Bertz CT molecular complexity index is 1200. The standard InChI is InChI=1S/C27H30N4O3S/c1-19-8-6-9-20(2)25(19)28-24(32)18-30-13-15-31(16-14-30)26(33)21-10-4-5-11-22(21)29(3)27(34)23-12-7-17-35-23/h4-12,17H,13-16,18H2,1-3H3,(H,28,32). The number of nitrogens with zero attached hydrogens (tertiary/aromatic N) is 3. The molecule has 8 heteroatoms. The van der Waals surface area contributed by atoms with E-state index in [0.29, 0.717) is 42.3 Å². The van der Waals surface area contributed by atoms with Crippen LogP contribution in [0.2, 0.25) is 0 Å². The maximum absolute atomic E-state index is 13.4. The normalized spacial score (nSPS) is 14.0. The lowest BCUT2D eigenvalue weighted by atomic mass is 10.1. The lowest BCUT2D eigenvalue weighted by Crippen LogP contribution is -2.50. The summed E-state index contributed by atoms with van der Waals surface area (Å²) < 4.78 is 0. The zero-order chi connectivity index (χ0) is 24.9. The van der Waals surface area contributed by atoms with Crippen molar-refractivity contribution in [2.75, 3.05) is 50.0 Å². The van der Waals surface area contributed by atoms with E-state index >= 15 is 0 Å². The number of piperazine rings is 1. The highest BCUT2D eigenvalue weighted by atomic mass is 32.1. The molecule has 35 heavy (non-hydrogen) atoms. The van der Waals surface area contributed by atoms with Gasteiger partial charge in [-0.2, -0.15) is 0 Å². The fourth-order valence-electron chi connectivity index (χ4n) is 4.29. The van der Waals surface area contributed by atoms with Gasteiger partial charge in [0.15, 0.2) is 0 Å². The predicted molar refractivity (Wildman–Crippen MR) is 140 cm³/mol. The smallest absolute Gasteiger partial charge is 0.268 e. The molecule has 2 heterocycles. The quantitative estimate of drug-likeness (QED) is 0.566. The van der Waals surface area contributed by atoms with Gasteiger partial charge in [-0.1, -0.05) is 36.4 Å². The van der Waals surface area contributed by atoms with E-state index in [2.05, 4.69) is 10.2 Å². The molecule has 0 bridgehead atoms. The Morgan fingerprint density at radius 3 is 2.26 bits per heavy atom. The Morgan fingerprint density at radius 1 is 0.914 bits per heavy atom. The number of hydrogen-bond donors (Lipinski definition) is 1. The van der Waals surface area contributed by atoms with Gasteiger partial charge in [-0.15, -0.1) is 11.3 Å². The van der Waals surface area contributed by atoms with Crippen molar-refractivity contribution in [3.05, 3.63) is 81.5 Å². The first-order valence-electron chi connectivity index (χ1n) is 11.6. The van der Waals surface area contributed by atoms with Gasteiger partial charge in [0.05, 0.1) is 22.7 Å². The highest BCUT2D eigenvalue weighted by Gasteiger charge is 2.27. The zero-order valence-corrected chi connectivity index (χ0v) is 21.1. The summed E-state index contributed by atoms with van der Waals surface area (Å²) in [4.78, 5) is 44.9. The van der Waals surface area contributed by atoms with Crippen molar-refractivity contribution >= 4 is 40.4 Å². The van der Waals surface area contributed by atoms with E-state index in [1.807, 2.05) is 55.6 Å². The summed E-state index contributed by atoms with van der Waals surface area (Å²) in [5.74, 6) is -0.299. The Balaban J connectivity index is 1.37. The van der Waals surface area contributed by atoms with E-state index in [-0.39, 0.29) is 24.3 Å². The summed E-state index contributed by atoms with van der Waals surface area (Å²) in [5.41, 5.74) is 4.03. The number of hydrogen-bond acceptors (Lipinski definition) is 5. The van der Waals surface area contributed by atoms with Gasteiger partial charge in [0, 0.05) is 38.9 Å². The number of carbonyl (C=O) groups excluding carboxylic acids is 3. The minimum absolute atomic E-state index is 0.0544. The van der Waals surface area contributed by atoms with Crippen LogP contribution in [-0.4, -0.2) is 67.3 Å². The number of thiophene rings is 1. The number of carbonyl (C=O) groups is 3. The van der Waals surface area contributed by atoms with Crippen LogP contribution < -0.4 is 10.2 Å². The molecule has 4 rings (SSSR count). The summed E-state index contributed by atoms with van der Waals surface area (Å²) >= 11 is 1.38. The first kappa shape index (κ1) is 24.6. The van der Waals surface area contributed by atoms with Crippen molar-refractivity contribution in [1.29, 1.82) is 0 Å². The molecule has 1 saturated heterocycles. The number of para-hydroxylation sites is 2. The van der Waals surface area contributed by atoms with E-state index in [1.54, 1.807) is 30.1 Å². The molecular weight excluding hydrogens is 460 g/mol. The second-order valence-electron chi connectivity index (χ2n) is 8.74. The van der Waals surface area contributed by atoms with Crippen LogP contribution in [0.1, 0.15) is 31.2 Å². The van der Waals surface area contributed by atoms with Gasteiger partial charge >= 0.3 is 0 Å². The van der Waals surface area contributed by atoms with Gasteiger partial charge in [0.25, 0.3) is 11.8 Å². The molecule has 1 fully saturated rings. The molecular formula is C27H30N4O3S. The molecule has 0 radical (unpaired) electrons. The summed E-state index contributed by atoms with van der Waals surface area (Å²) in [6.07, 6.45) is 0. The topological polar surface area (TPSA) is 73.0 Å². The molecule has 3 aromatic rings. The molecule has 1 aromatic heterocycles. The van der Waals surface area contributed by atoms with Crippen molar-refractivity contribution < 1.29 is 14.4 Å². The Hall–Kier alpha value is -3.49. The van der Waals surface area contributed by atoms with E-state index in [1.165, 1.54) is 16.2 Å². The van der Waals surface area contributed by atoms with E-state index in [9.17, 15) is 14.4 Å². The van der Waals surface area contributed by atoms with E-state index < -0.39 is 0 Å². The van der Waals surface area contributed by atoms with Crippen LogP contribution in [0.25, 0.3) is 0 Å². The van der Waals surface area contributed by atoms with Crippen LogP contribution in [0, 0.1) is 13.8 Å². The largest absolute Gasteiger partial charge is 0.336 e. The summed E-state index contributed by atoms with van der Waals surface area (Å²) in [7, 11) is 1.70. The monoisotopic (exact) mass is 490 g/mol. The predicted octanol–water partition coefficient (Wildman–Crippen LogP) is 4.04. The molecule has 1 aliphatic rings. The second-order valence-corrected chi connectivity index (χ2v) is 9.69. The Morgan fingerprint density at radius 2 is 1.60 bits per heavy atom. The fourth-order valence-corrected chi connectivity index (χ4v) is 4.99. The van der Waals surface area contributed by atoms with E-state index in [4.69, 9.17) is 0 Å². The van der Waals surface area contributed by atoms with E-state index in [0.717, 1.165) is 16.8 Å². The molecule has 7 nitrogen and oxygen atoms in total. The fraction of sp³-hybridized carbons (Fsp3) is 0.296. The maximum atomic E-state index is 13.4. The molecule has 182 valence electrons. The Kier molecular flexibility index (Phi) is 7.63. The van der Waals surface area contributed by atoms with Gasteiger partial charge in [-0.05, 0) is 48.6 Å². The third-order valence-electron chi connectivity index (χ3n) is 6.30. The van der Waals surface area contributed by atoms with Crippen LogP contribution in [0.3, 0.4) is 0 Å². The van der Waals surface area contributed by atoms with Crippen molar-refractivity contribution in [1.82, 2.24) is 9.80 Å². The minimum atomic E-state index is -0.139. The van der Waals surface area contributed by atoms with Crippen molar-refractivity contribution in [2.24, 2.45) is 0 Å². The summed E-state index contributed by atoms with van der Waals surface area (Å²) in [6.45, 7) is 6.51. The molecule has 0 atom stereocenters. The van der Waals surface area contributed by atoms with Crippen molar-refractivity contribution in [2.45, 2.75) is 13.8 Å².